The van der Waals surface area contributed by atoms with E-state index in [1.54, 1.807) is 24.0 Å². The number of hydrogen-bond acceptors (Lipinski definition) is 3. The average Bonchev–Trinajstić information content (AvgIpc) is 2.54. The molecule has 0 spiro atoms. The lowest BCUT2D eigenvalue weighted by molar-refractivity contribution is -0.140. The molecule has 1 aromatic rings. The first-order chi connectivity index (χ1) is 11.0. The van der Waals surface area contributed by atoms with Crippen LogP contribution in [0.1, 0.15) is 38.7 Å². The third-order valence-electron chi connectivity index (χ3n) is 3.53. The van der Waals surface area contributed by atoms with Crippen LogP contribution in [0.25, 0.3) is 0 Å². The minimum atomic E-state index is -0.566. The quantitative estimate of drug-likeness (QED) is 0.678. The molecule has 1 unspecified atom stereocenters. The third-order valence-corrected chi connectivity index (χ3v) is 3.78. The van der Waals surface area contributed by atoms with Gasteiger partial charge in [-0.2, -0.15) is 0 Å². The molecule has 0 radical (unpaired) electrons. The van der Waals surface area contributed by atoms with Crippen molar-refractivity contribution in [2.45, 2.75) is 45.7 Å². The lowest BCUT2D eigenvalue weighted by Crippen LogP contribution is -2.47. The van der Waals surface area contributed by atoms with E-state index in [9.17, 15) is 9.59 Å². The maximum absolute atomic E-state index is 12.4. The molecule has 0 fully saturated rings. The first-order valence-corrected chi connectivity index (χ1v) is 8.29. The highest BCUT2D eigenvalue weighted by Gasteiger charge is 2.25. The maximum atomic E-state index is 12.4. The van der Waals surface area contributed by atoms with Gasteiger partial charge < -0.3 is 15.3 Å². The van der Waals surface area contributed by atoms with Gasteiger partial charge in [0.1, 0.15) is 6.04 Å². The van der Waals surface area contributed by atoms with Crippen molar-refractivity contribution < 1.29 is 14.7 Å². The molecule has 6 heteroatoms. The Morgan fingerprint density at radius 1 is 1.30 bits per heavy atom. The molecule has 0 aromatic heterocycles. The molecular weight excluding hydrogens is 316 g/mol. The van der Waals surface area contributed by atoms with Crippen LogP contribution in [0, 0.1) is 0 Å². The van der Waals surface area contributed by atoms with Gasteiger partial charge >= 0.3 is 0 Å². The number of nitrogens with zero attached hydrogens (tertiary/aromatic N) is 1. The highest BCUT2D eigenvalue weighted by Crippen LogP contribution is 2.14. The molecule has 2 N–H and O–H groups in total. The standard InChI is InChI=1S/C17H25ClN2O3/c1-3-5-16(22)20(12-14-6-8-15(18)9-7-14)13(2)17(23)19-10-4-11-21/h6-9,13,21H,3-5,10-12H2,1-2H3,(H,19,23). The van der Waals surface area contributed by atoms with Crippen molar-refractivity contribution in [3.63, 3.8) is 0 Å². The van der Waals surface area contributed by atoms with Gasteiger partial charge in [0.15, 0.2) is 0 Å². The van der Waals surface area contributed by atoms with Crippen LogP contribution in [0.2, 0.25) is 5.02 Å². The summed E-state index contributed by atoms with van der Waals surface area (Å²) < 4.78 is 0. The van der Waals surface area contributed by atoms with Crippen LogP contribution < -0.4 is 5.32 Å². The van der Waals surface area contributed by atoms with Gasteiger partial charge in [0.05, 0.1) is 0 Å². The number of amides is 2. The van der Waals surface area contributed by atoms with Crippen molar-refractivity contribution in [2.75, 3.05) is 13.2 Å². The van der Waals surface area contributed by atoms with Gasteiger partial charge in [0.25, 0.3) is 0 Å². The zero-order valence-corrected chi connectivity index (χ0v) is 14.5. The number of aliphatic hydroxyl groups is 1. The molecule has 0 heterocycles. The number of aliphatic hydroxyl groups excluding tert-OH is 1. The average molecular weight is 341 g/mol. The first-order valence-electron chi connectivity index (χ1n) is 7.92. The Morgan fingerprint density at radius 2 is 1.96 bits per heavy atom. The topological polar surface area (TPSA) is 69.6 Å². The van der Waals surface area contributed by atoms with Gasteiger partial charge in [-0.25, -0.2) is 0 Å². The van der Waals surface area contributed by atoms with E-state index in [2.05, 4.69) is 5.32 Å². The van der Waals surface area contributed by atoms with Crippen LogP contribution in [0.3, 0.4) is 0 Å². The molecule has 0 aliphatic rings. The second-order valence-corrected chi connectivity index (χ2v) is 5.88. The lowest BCUT2D eigenvalue weighted by Gasteiger charge is -2.28. The van der Waals surface area contributed by atoms with Gasteiger partial charge in [-0.1, -0.05) is 30.7 Å². The molecule has 128 valence electrons. The number of hydrogen-bond donors (Lipinski definition) is 2. The molecule has 0 saturated heterocycles. The van der Waals surface area contributed by atoms with Gasteiger partial charge in [0, 0.05) is 31.1 Å². The van der Waals surface area contributed by atoms with Crippen molar-refractivity contribution in [1.82, 2.24) is 10.2 Å². The summed E-state index contributed by atoms with van der Waals surface area (Å²) in [5.74, 6) is -0.260. The monoisotopic (exact) mass is 340 g/mol. The number of rotatable bonds is 9. The summed E-state index contributed by atoms with van der Waals surface area (Å²) in [7, 11) is 0. The summed E-state index contributed by atoms with van der Waals surface area (Å²) in [5.41, 5.74) is 0.925. The number of halogens is 1. The van der Waals surface area contributed by atoms with Gasteiger partial charge in [-0.15, -0.1) is 0 Å². The molecule has 1 atom stereocenters. The highest BCUT2D eigenvalue weighted by atomic mass is 35.5. The molecule has 0 aliphatic heterocycles. The Labute approximate surface area is 142 Å². The SMILES string of the molecule is CCCC(=O)N(Cc1ccc(Cl)cc1)C(C)C(=O)NCCCO. The molecule has 0 saturated carbocycles. The van der Waals surface area contributed by atoms with Crippen LogP contribution in [-0.2, 0) is 16.1 Å². The summed E-state index contributed by atoms with van der Waals surface area (Å²) in [6.07, 6.45) is 1.63. The summed E-state index contributed by atoms with van der Waals surface area (Å²) in [4.78, 5) is 26.2. The largest absolute Gasteiger partial charge is 0.396 e. The molecule has 1 rings (SSSR count). The second kappa shape index (κ2) is 10.2. The van der Waals surface area contributed by atoms with E-state index in [-0.39, 0.29) is 18.4 Å². The summed E-state index contributed by atoms with van der Waals surface area (Å²) >= 11 is 5.88. The Kier molecular flexibility index (Phi) is 8.66. The van der Waals surface area contributed by atoms with E-state index in [1.165, 1.54) is 0 Å². The zero-order chi connectivity index (χ0) is 17.2. The number of carbonyl (C=O) groups is 2. The van der Waals surface area contributed by atoms with Crippen LogP contribution >= 0.6 is 11.6 Å². The summed E-state index contributed by atoms with van der Waals surface area (Å²) in [5, 5.41) is 12.2. The Hall–Kier alpha value is -1.59. The fourth-order valence-electron chi connectivity index (χ4n) is 2.16. The maximum Gasteiger partial charge on any atom is 0.242 e. The number of benzene rings is 1. The van der Waals surface area contributed by atoms with Gasteiger partial charge in [-0.05, 0) is 37.5 Å². The molecule has 0 aliphatic carbocycles. The first kappa shape index (κ1) is 19.5. The minimum absolute atomic E-state index is 0.0257. The van der Waals surface area contributed by atoms with Crippen LogP contribution in [0.5, 0.6) is 0 Å². The van der Waals surface area contributed by atoms with Crippen molar-refractivity contribution in [3.8, 4) is 0 Å². The van der Waals surface area contributed by atoms with E-state index in [4.69, 9.17) is 16.7 Å². The smallest absolute Gasteiger partial charge is 0.242 e. The van der Waals surface area contributed by atoms with Crippen LogP contribution in [0.4, 0.5) is 0 Å². The Bertz CT molecular complexity index is 505. The van der Waals surface area contributed by atoms with Gasteiger partial charge in [-0.3, -0.25) is 9.59 Å². The van der Waals surface area contributed by atoms with Crippen LogP contribution in [-0.4, -0.2) is 41.0 Å². The zero-order valence-electron chi connectivity index (χ0n) is 13.7. The third kappa shape index (κ3) is 6.59. The van der Waals surface area contributed by atoms with E-state index < -0.39 is 6.04 Å². The van der Waals surface area contributed by atoms with Crippen molar-refractivity contribution in [1.29, 1.82) is 0 Å². The lowest BCUT2D eigenvalue weighted by atomic mass is 10.1. The minimum Gasteiger partial charge on any atom is -0.396 e. The Morgan fingerprint density at radius 3 is 2.52 bits per heavy atom. The highest BCUT2D eigenvalue weighted by molar-refractivity contribution is 6.30. The number of carbonyl (C=O) groups excluding carboxylic acids is 2. The molecule has 23 heavy (non-hydrogen) atoms. The van der Waals surface area contributed by atoms with Crippen molar-refractivity contribution in [3.05, 3.63) is 34.9 Å². The second-order valence-electron chi connectivity index (χ2n) is 5.44. The van der Waals surface area contributed by atoms with Crippen molar-refractivity contribution in [2.24, 2.45) is 0 Å². The summed E-state index contributed by atoms with van der Waals surface area (Å²) in [6, 6.07) is 6.68. The molecule has 0 bridgehead atoms. The van der Waals surface area contributed by atoms with E-state index >= 15 is 0 Å². The van der Waals surface area contributed by atoms with E-state index in [1.807, 2.05) is 19.1 Å². The predicted molar refractivity (Wildman–Crippen MR) is 91.1 cm³/mol. The van der Waals surface area contributed by atoms with Crippen LogP contribution in [0.15, 0.2) is 24.3 Å². The molecule has 1 aromatic carbocycles. The summed E-state index contributed by atoms with van der Waals surface area (Å²) in [6.45, 7) is 4.45. The van der Waals surface area contributed by atoms with Crippen molar-refractivity contribution >= 4 is 23.4 Å². The fraction of sp³-hybridized carbons (Fsp3) is 0.529. The van der Waals surface area contributed by atoms with E-state index in [0.717, 1.165) is 12.0 Å². The Balaban J connectivity index is 2.80. The van der Waals surface area contributed by atoms with E-state index in [0.29, 0.717) is 31.0 Å². The molecule has 2 amide bonds. The normalized spacial score (nSPS) is 11.8. The fourth-order valence-corrected chi connectivity index (χ4v) is 2.29. The number of nitrogens with one attached hydrogen (secondary N) is 1. The predicted octanol–water partition coefficient (Wildman–Crippen LogP) is 2.36. The van der Waals surface area contributed by atoms with Gasteiger partial charge in [0.2, 0.25) is 11.8 Å². The molecule has 5 nitrogen and oxygen atoms in total. The molecular formula is C17H25ClN2O3.